The van der Waals surface area contributed by atoms with Gasteiger partial charge in [0.2, 0.25) is 0 Å². The number of nitrogens with one attached hydrogen (secondary N) is 1. The first-order valence-corrected chi connectivity index (χ1v) is 6.17. The van der Waals surface area contributed by atoms with E-state index >= 15 is 0 Å². The molecule has 0 amide bonds. The summed E-state index contributed by atoms with van der Waals surface area (Å²) in [5.74, 6) is -1.83. The van der Waals surface area contributed by atoms with Crippen LogP contribution in [0.25, 0.3) is 0 Å². The molecule has 0 saturated heterocycles. The van der Waals surface area contributed by atoms with E-state index in [0.29, 0.717) is 11.1 Å². The minimum Gasteiger partial charge on any atom is -0.507 e. The topological polar surface area (TPSA) is 52.5 Å². The van der Waals surface area contributed by atoms with E-state index in [4.69, 9.17) is 0 Å². The summed E-state index contributed by atoms with van der Waals surface area (Å²) in [5, 5.41) is 22.5. The first-order valence-electron chi connectivity index (χ1n) is 6.17. The van der Waals surface area contributed by atoms with Crippen molar-refractivity contribution in [2.45, 2.75) is 19.5 Å². The Morgan fingerprint density at radius 2 is 1.70 bits per heavy atom. The molecule has 20 heavy (non-hydrogen) atoms. The van der Waals surface area contributed by atoms with Gasteiger partial charge in [0.15, 0.2) is 11.6 Å². The largest absolute Gasteiger partial charge is 0.507 e. The van der Waals surface area contributed by atoms with Gasteiger partial charge in [-0.1, -0.05) is 12.1 Å². The average molecular weight is 279 g/mol. The molecular weight excluding hydrogens is 264 g/mol. The lowest BCUT2D eigenvalue weighted by Gasteiger charge is -2.17. The summed E-state index contributed by atoms with van der Waals surface area (Å²) in [5.41, 5.74) is 0.945. The fraction of sp³-hybridized carbons (Fsp3) is 0.200. The first kappa shape index (κ1) is 14.3. The summed E-state index contributed by atoms with van der Waals surface area (Å²) in [4.78, 5) is 0. The number of phenolic OH excluding ortho intramolecular Hbond substituents is 2. The van der Waals surface area contributed by atoms with Crippen LogP contribution in [0.15, 0.2) is 36.4 Å². The molecule has 3 nitrogen and oxygen atoms in total. The second-order valence-electron chi connectivity index (χ2n) is 4.56. The molecule has 106 valence electrons. The van der Waals surface area contributed by atoms with Gasteiger partial charge in [-0.05, 0) is 36.8 Å². The molecule has 0 saturated carbocycles. The van der Waals surface area contributed by atoms with Crippen molar-refractivity contribution in [1.29, 1.82) is 0 Å². The Balaban J connectivity index is 2.08. The first-order chi connectivity index (χ1) is 9.49. The highest BCUT2D eigenvalue weighted by molar-refractivity contribution is 5.44. The Hall–Kier alpha value is -2.14. The van der Waals surface area contributed by atoms with Gasteiger partial charge in [-0.3, -0.25) is 0 Å². The zero-order valence-electron chi connectivity index (χ0n) is 10.9. The smallest absolute Gasteiger partial charge is 0.159 e. The van der Waals surface area contributed by atoms with E-state index in [2.05, 4.69) is 5.32 Å². The lowest BCUT2D eigenvalue weighted by atomic mass is 10.1. The standard InChI is InChI=1S/C15H15F2NO2/c1-9(15-13(19)3-2-4-14(15)20)18-8-10-5-6-11(16)12(17)7-10/h2-7,9,18-20H,8H2,1H3. The van der Waals surface area contributed by atoms with Crippen LogP contribution < -0.4 is 5.32 Å². The van der Waals surface area contributed by atoms with E-state index in [-0.39, 0.29) is 24.1 Å². The van der Waals surface area contributed by atoms with Crippen molar-refractivity contribution in [3.63, 3.8) is 0 Å². The lowest BCUT2D eigenvalue weighted by Crippen LogP contribution is -2.18. The molecule has 2 aromatic carbocycles. The minimum absolute atomic E-state index is 0.0183. The molecule has 0 aromatic heterocycles. The van der Waals surface area contributed by atoms with Crippen molar-refractivity contribution >= 4 is 0 Å². The predicted octanol–water partition coefficient (Wildman–Crippen LogP) is 3.23. The lowest BCUT2D eigenvalue weighted by molar-refractivity contribution is 0.418. The Morgan fingerprint density at radius 3 is 2.30 bits per heavy atom. The molecule has 2 rings (SSSR count). The van der Waals surface area contributed by atoms with Crippen molar-refractivity contribution in [1.82, 2.24) is 5.32 Å². The molecule has 5 heteroatoms. The van der Waals surface area contributed by atoms with Crippen molar-refractivity contribution in [3.05, 3.63) is 59.2 Å². The van der Waals surface area contributed by atoms with E-state index in [1.54, 1.807) is 6.92 Å². The van der Waals surface area contributed by atoms with Crippen molar-refractivity contribution < 1.29 is 19.0 Å². The highest BCUT2D eigenvalue weighted by atomic mass is 19.2. The van der Waals surface area contributed by atoms with Crippen LogP contribution >= 0.6 is 0 Å². The Labute approximate surface area is 115 Å². The van der Waals surface area contributed by atoms with E-state index in [1.807, 2.05) is 0 Å². The third-order valence-electron chi connectivity index (χ3n) is 3.09. The van der Waals surface area contributed by atoms with Gasteiger partial charge in [0.05, 0.1) is 5.56 Å². The SMILES string of the molecule is CC(NCc1ccc(F)c(F)c1)c1c(O)cccc1O. The summed E-state index contributed by atoms with van der Waals surface area (Å²) in [6.07, 6.45) is 0. The summed E-state index contributed by atoms with van der Waals surface area (Å²) in [6.45, 7) is 2.04. The number of hydrogen-bond donors (Lipinski definition) is 3. The van der Waals surface area contributed by atoms with Crippen molar-refractivity contribution in [3.8, 4) is 11.5 Å². The number of aromatic hydroxyl groups is 2. The Bertz CT molecular complexity index is 597. The number of rotatable bonds is 4. The van der Waals surface area contributed by atoms with E-state index in [0.717, 1.165) is 12.1 Å². The molecule has 0 radical (unpaired) electrons. The quantitative estimate of drug-likeness (QED) is 0.805. The van der Waals surface area contributed by atoms with Gasteiger partial charge in [-0.25, -0.2) is 8.78 Å². The Morgan fingerprint density at radius 1 is 1.05 bits per heavy atom. The van der Waals surface area contributed by atoms with E-state index in [1.165, 1.54) is 24.3 Å². The maximum Gasteiger partial charge on any atom is 0.159 e. The third kappa shape index (κ3) is 3.05. The van der Waals surface area contributed by atoms with Crippen LogP contribution in [0.2, 0.25) is 0 Å². The molecule has 3 N–H and O–H groups in total. The monoisotopic (exact) mass is 279 g/mol. The van der Waals surface area contributed by atoms with Crippen LogP contribution in [-0.4, -0.2) is 10.2 Å². The zero-order chi connectivity index (χ0) is 14.7. The summed E-state index contributed by atoms with van der Waals surface area (Å²) >= 11 is 0. The van der Waals surface area contributed by atoms with Crippen LogP contribution in [0, 0.1) is 11.6 Å². The van der Waals surface area contributed by atoms with Gasteiger partial charge in [-0.2, -0.15) is 0 Å². The maximum atomic E-state index is 13.1. The highest BCUT2D eigenvalue weighted by Crippen LogP contribution is 2.32. The molecule has 2 aromatic rings. The van der Waals surface area contributed by atoms with Crippen molar-refractivity contribution in [2.24, 2.45) is 0 Å². The van der Waals surface area contributed by atoms with Crippen molar-refractivity contribution in [2.75, 3.05) is 0 Å². The van der Waals surface area contributed by atoms with Gasteiger partial charge >= 0.3 is 0 Å². The number of phenols is 2. The second-order valence-corrected chi connectivity index (χ2v) is 4.56. The molecule has 0 aliphatic rings. The molecular formula is C15H15F2NO2. The molecule has 1 atom stereocenters. The average Bonchev–Trinajstić information content (AvgIpc) is 2.40. The van der Waals surface area contributed by atoms with Gasteiger partial charge < -0.3 is 15.5 Å². The fourth-order valence-corrected chi connectivity index (χ4v) is 2.01. The van der Waals surface area contributed by atoms with Gasteiger partial charge in [0, 0.05) is 12.6 Å². The molecule has 0 heterocycles. The van der Waals surface area contributed by atoms with Crippen LogP contribution in [0.3, 0.4) is 0 Å². The second kappa shape index (κ2) is 5.88. The summed E-state index contributed by atoms with van der Waals surface area (Å²) in [6, 6.07) is 7.80. The normalized spacial score (nSPS) is 12.3. The highest BCUT2D eigenvalue weighted by Gasteiger charge is 2.14. The number of benzene rings is 2. The Kier molecular flexibility index (Phi) is 4.20. The van der Waals surface area contributed by atoms with Gasteiger partial charge in [0.25, 0.3) is 0 Å². The molecule has 0 aliphatic heterocycles. The number of halogens is 2. The van der Waals surface area contributed by atoms with Crippen LogP contribution in [0.1, 0.15) is 24.1 Å². The fourth-order valence-electron chi connectivity index (χ4n) is 2.01. The van der Waals surface area contributed by atoms with Crippen LogP contribution in [0.5, 0.6) is 11.5 Å². The van der Waals surface area contributed by atoms with Gasteiger partial charge in [0.1, 0.15) is 11.5 Å². The molecule has 0 fully saturated rings. The summed E-state index contributed by atoms with van der Waals surface area (Å²) in [7, 11) is 0. The van der Waals surface area contributed by atoms with Crippen LogP contribution in [0.4, 0.5) is 8.78 Å². The molecule has 0 aliphatic carbocycles. The molecule has 0 bridgehead atoms. The summed E-state index contributed by atoms with van der Waals surface area (Å²) < 4.78 is 25.9. The third-order valence-corrected chi connectivity index (χ3v) is 3.09. The van der Waals surface area contributed by atoms with Gasteiger partial charge in [-0.15, -0.1) is 0 Å². The van der Waals surface area contributed by atoms with E-state index < -0.39 is 11.6 Å². The maximum absolute atomic E-state index is 13.1. The zero-order valence-corrected chi connectivity index (χ0v) is 10.9. The predicted molar refractivity (Wildman–Crippen MR) is 71.4 cm³/mol. The molecule has 0 spiro atoms. The minimum atomic E-state index is -0.901. The molecule has 1 unspecified atom stereocenters. The van der Waals surface area contributed by atoms with Crippen LogP contribution in [-0.2, 0) is 6.54 Å². The number of hydrogen-bond acceptors (Lipinski definition) is 3. The van der Waals surface area contributed by atoms with E-state index in [9.17, 15) is 19.0 Å².